The van der Waals surface area contributed by atoms with Gasteiger partial charge in [-0.2, -0.15) is 13.2 Å². The van der Waals surface area contributed by atoms with E-state index in [-0.39, 0.29) is 11.7 Å². The van der Waals surface area contributed by atoms with Crippen LogP contribution < -0.4 is 5.32 Å². The molecule has 1 spiro atoms. The van der Waals surface area contributed by atoms with Gasteiger partial charge in [-0.1, -0.05) is 0 Å². The Hall–Kier alpha value is -0.860. The Kier molecular flexibility index (Phi) is 3.76. The Balaban J connectivity index is 0.000000168. The van der Waals surface area contributed by atoms with Crippen LogP contribution >= 0.6 is 0 Å². The lowest BCUT2D eigenvalue weighted by Crippen LogP contribution is -2.59. The molecule has 3 N–H and O–H groups in total. The van der Waals surface area contributed by atoms with E-state index in [0.717, 1.165) is 19.5 Å². The number of aliphatic carboxylic acids is 1. The van der Waals surface area contributed by atoms with Gasteiger partial charge in [-0.15, -0.1) is 0 Å². The van der Waals surface area contributed by atoms with Gasteiger partial charge >= 0.3 is 12.1 Å². The quantitative estimate of drug-likeness (QED) is 0.546. The lowest BCUT2D eigenvalue weighted by atomic mass is 9.93. The maximum absolute atomic E-state index is 10.6. The van der Waals surface area contributed by atoms with Crippen molar-refractivity contribution in [3.8, 4) is 0 Å². The van der Waals surface area contributed by atoms with Crippen LogP contribution in [-0.4, -0.2) is 53.8 Å². The van der Waals surface area contributed by atoms with Gasteiger partial charge in [0, 0.05) is 19.5 Å². The monoisotopic (exact) mass is 243 g/mol. The zero-order chi connectivity index (χ0) is 12.4. The molecule has 2 saturated heterocycles. The second-order valence-electron chi connectivity index (χ2n) is 3.76. The zero-order valence-corrected chi connectivity index (χ0v) is 8.25. The number of hydrogen-bond donors (Lipinski definition) is 3. The molecule has 0 aromatic heterocycles. The summed E-state index contributed by atoms with van der Waals surface area (Å²) in [6.45, 7) is 2.37. The van der Waals surface area contributed by atoms with Gasteiger partial charge in [-0.3, -0.25) is 0 Å². The van der Waals surface area contributed by atoms with Gasteiger partial charge in [0.05, 0.1) is 18.3 Å². The van der Waals surface area contributed by atoms with Crippen molar-refractivity contribution in [2.24, 2.45) is 0 Å². The van der Waals surface area contributed by atoms with Crippen molar-refractivity contribution >= 4 is 5.97 Å². The van der Waals surface area contributed by atoms with Gasteiger partial charge in [0.2, 0.25) is 0 Å². The van der Waals surface area contributed by atoms with E-state index in [0.29, 0.717) is 6.61 Å². The summed E-state index contributed by atoms with van der Waals surface area (Å²) in [5.41, 5.74) is 0.0272. The predicted molar refractivity (Wildman–Crippen MR) is 45.9 cm³/mol. The standard InChI is InChI=1S/C6H11NO2.C2HF3O2/c8-5-1-6(9-2-5)3-7-4-6;3-2(4,5)1(6)7/h5,7-8H,1-4H2;(H,6,7)/t5-;/m0./s1. The SMILES string of the molecule is O=C(O)C(F)(F)F.O[C@@H]1COC2(CNC2)C1. The van der Waals surface area contributed by atoms with Crippen LogP contribution in [0.2, 0.25) is 0 Å². The molecule has 0 aromatic carbocycles. The molecule has 0 radical (unpaired) electrons. The van der Waals surface area contributed by atoms with Crippen LogP contribution in [0.1, 0.15) is 6.42 Å². The Labute approximate surface area is 89.2 Å². The van der Waals surface area contributed by atoms with Crippen LogP contribution in [-0.2, 0) is 9.53 Å². The number of aliphatic hydroxyl groups excluding tert-OH is 1. The first-order chi connectivity index (χ1) is 7.25. The fourth-order valence-corrected chi connectivity index (χ4v) is 1.47. The van der Waals surface area contributed by atoms with Crippen molar-refractivity contribution in [2.45, 2.75) is 24.3 Å². The Morgan fingerprint density at radius 1 is 1.44 bits per heavy atom. The van der Waals surface area contributed by atoms with Gasteiger partial charge in [0.15, 0.2) is 0 Å². The van der Waals surface area contributed by atoms with Crippen LogP contribution in [0.4, 0.5) is 13.2 Å². The molecule has 8 heteroatoms. The minimum Gasteiger partial charge on any atom is -0.475 e. The van der Waals surface area contributed by atoms with E-state index < -0.39 is 12.1 Å². The summed E-state index contributed by atoms with van der Waals surface area (Å²) in [6, 6.07) is 0. The van der Waals surface area contributed by atoms with Crippen LogP contribution in [0, 0.1) is 0 Å². The Morgan fingerprint density at radius 3 is 2.06 bits per heavy atom. The molecule has 94 valence electrons. The molecule has 0 aliphatic carbocycles. The van der Waals surface area contributed by atoms with Gasteiger partial charge in [0.25, 0.3) is 0 Å². The Morgan fingerprint density at radius 2 is 1.94 bits per heavy atom. The molecule has 16 heavy (non-hydrogen) atoms. The third kappa shape index (κ3) is 3.32. The molecule has 5 nitrogen and oxygen atoms in total. The average molecular weight is 243 g/mol. The lowest BCUT2D eigenvalue weighted by molar-refractivity contribution is -0.192. The molecule has 2 fully saturated rings. The van der Waals surface area contributed by atoms with Crippen molar-refractivity contribution in [1.29, 1.82) is 0 Å². The minimum atomic E-state index is -5.08. The smallest absolute Gasteiger partial charge is 0.475 e. The first-order valence-electron chi connectivity index (χ1n) is 4.58. The van der Waals surface area contributed by atoms with Gasteiger partial charge < -0.3 is 20.3 Å². The molecule has 2 aliphatic rings. The topological polar surface area (TPSA) is 78.8 Å². The first-order valence-corrected chi connectivity index (χ1v) is 4.58. The van der Waals surface area contributed by atoms with Gasteiger partial charge in [-0.05, 0) is 0 Å². The van der Waals surface area contributed by atoms with E-state index in [1.54, 1.807) is 0 Å². The highest BCUT2D eigenvalue weighted by Gasteiger charge is 2.44. The second-order valence-corrected chi connectivity index (χ2v) is 3.76. The predicted octanol–water partition coefficient (Wildman–Crippen LogP) is -0.257. The summed E-state index contributed by atoms with van der Waals surface area (Å²) in [5.74, 6) is -2.76. The summed E-state index contributed by atoms with van der Waals surface area (Å²) in [5, 5.41) is 19.3. The van der Waals surface area contributed by atoms with E-state index in [1.807, 2.05) is 0 Å². The summed E-state index contributed by atoms with van der Waals surface area (Å²) >= 11 is 0. The molecule has 2 heterocycles. The highest BCUT2D eigenvalue weighted by Crippen LogP contribution is 2.28. The molecule has 0 unspecified atom stereocenters. The highest BCUT2D eigenvalue weighted by molar-refractivity contribution is 5.73. The lowest BCUT2D eigenvalue weighted by Gasteiger charge is -2.37. The molecule has 2 rings (SSSR count). The average Bonchev–Trinajstić information content (AvgIpc) is 2.46. The Bertz CT molecular complexity index is 264. The normalized spacial score (nSPS) is 26.9. The van der Waals surface area contributed by atoms with E-state index >= 15 is 0 Å². The molecule has 2 aliphatic heterocycles. The number of carboxylic acids is 1. The van der Waals surface area contributed by atoms with E-state index in [2.05, 4.69) is 5.32 Å². The van der Waals surface area contributed by atoms with Crippen molar-refractivity contribution < 1.29 is 32.9 Å². The van der Waals surface area contributed by atoms with Crippen molar-refractivity contribution in [3.63, 3.8) is 0 Å². The van der Waals surface area contributed by atoms with Crippen LogP contribution in [0.5, 0.6) is 0 Å². The summed E-state index contributed by atoms with van der Waals surface area (Å²) < 4.78 is 37.1. The number of hydrogen-bond acceptors (Lipinski definition) is 4. The van der Waals surface area contributed by atoms with Crippen molar-refractivity contribution in [2.75, 3.05) is 19.7 Å². The number of aliphatic hydroxyl groups is 1. The van der Waals surface area contributed by atoms with E-state index in [4.69, 9.17) is 19.7 Å². The fraction of sp³-hybridized carbons (Fsp3) is 0.875. The number of nitrogens with one attached hydrogen (secondary N) is 1. The molecular formula is C8H12F3NO4. The third-order valence-corrected chi connectivity index (χ3v) is 2.33. The second kappa shape index (κ2) is 4.56. The minimum absolute atomic E-state index is 0.0272. The highest BCUT2D eigenvalue weighted by atomic mass is 19.4. The van der Waals surface area contributed by atoms with Crippen LogP contribution in [0.25, 0.3) is 0 Å². The first kappa shape index (κ1) is 13.2. The van der Waals surface area contributed by atoms with Crippen molar-refractivity contribution in [1.82, 2.24) is 5.32 Å². The summed E-state index contributed by atoms with van der Waals surface area (Å²) in [4.78, 5) is 8.90. The van der Waals surface area contributed by atoms with Crippen LogP contribution in [0.15, 0.2) is 0 Å². The zero-order valence-electron chi connectivity index (χ0n) is 8.25. The van der Waals surface area contributed by atoms with E-state index in [9.17, 15) is 13.2 Å². The maximum Gasteiger partial charge on any atom is 0.490 e. The number of carbonyl (C=O) groups is 1. The largest absolute Gasteiger partial charge is 0.490 e. The number of ether oxygens (including phenoxy) is 1. The number of rotatable bonds is 0. The van der Waals surface area contributed by atoms with E-state index in [1.165, 1.54) is 0 Å². The van der Waals surface area contributed by atoms with Crippen LogP contribution in [0.3, 0.4) is 0 Å². The summed E-state index contributed by atoms with van der Waals surface area (Å²) in [6.07, 6.45) is -4.48. The van der Waals surface area contributed by atoms with Gasteiger partial charge in [0.1, 0.15) is 0 Å². The molecule has 1 atom stereocenters. The van der Waals surface area contributed by atoms with Crippen molar-refractivity contribution in [3.05, 3.63) is 0 Å². The molecule has 0 aromatic rings. The third-order valence-electron chi connectivity index (χ3n) is 2.33. The number of halogens is 3. The fourth-order valence-electron chi connectivity index (χ4n) is 1.47. The number of alkyl halides is 3. The maximum atomic E-state index is 10.6. The van der Waals surface area contributed by atoms with Gasteiger partial charge in [-0.25, -0.2) is 4.79 Å². The molecule has 0 bridgehead atoms. The molecule has 0 saturated carbocycles. The summed E-state index contributed by atoms with van der Waals surface area (Å²) in [7, 11) is 0. The molecular weight excluding hydrogens is 231 g/mol. The number of carboxylic acid groups (broad SMARTS) is 1. The molecule has 0 amide bonds.